The van der Waals surface area contributed by atoms with Crippen molar-refractivity contribution in [2.75, 3.05) is 6.61 Å². The molecule has 3 aromatic heterocycles. The van der Waals surface area contributed by atoms with Gasteiger partial charge in [0.1, 0.15) is 10.7 Å². The molecule has 1 aromatic carbocycles. The van der Waals surface area contributed by atoms with Crippen molar-refractivity contribution >= 4 is 23.4 Å². The first-order valence-corrected chi connectivity index (χ1v) is 10.6. The van der Waals surface area contributed by atoms with Crippen molar-refractivity contribution in [3.8, 4) is 28.8 Å². The van der Waals surface area contributed by atoms with Gasteiger partial charge in [-0.05, 0) is 60.3 Å². The Morgan fingerprint density at radius 3 is 2.45 bits per heavy atom. The van der Waals surface area contributed by atoms with Crippen LogP contribution in [0.3, 0.4) is 0 Å². The van der Waals surface area contributed by atoms with E-state index < -0.39 is 0 Å². The third kappa shape index (κ3) is 4.78. The van der Waals surface area contributed by atoms with Gasteiger partial charge in [0.25, 0.3) is 0 Å². The van der Waals surface area contributed by atoms with E-state index in [1.54, 1.807) is 42.7 Å². The average molecular weight is 449 g/mol. The second-order valence-corrected chi connectivity index (χ2v) is 8.25. The summed E-state index contributed by atoms with van der Waals surface area (Å²) in [6, 6.07) is 16.5. The van der Waals surface area contributed by atoms with Gasteiger partial charge >= 0.3 is 0 Å². The zero-order chi connectivity index (χ0) is 21.8. The Balaban J connectivity index is 1.74. The summed E-state index contributed by atoms with van der Waals surface area (Å²) in [6.45, 7) is 1.94. The molecule has 0 radical (unpaired) electrons. The Morgan fingerprint density at radius 1 is 1.06 bits per heavy atom. The molecule has 0 spiro atoms. The highest BCUT2D eigenvalue weighted by Crippen LogP contribution is 2.38. The molecule has 0 fully saturated rings. The van der Waals surface area contributed by atoms with Crippen LogP contribution in [0, 0.1) is 11.3 Å². The Bertz CT molecular complexity index is 1220. The summed E-state index contributed by atoms with van der Waals surface area (Å²) in [5.41, 5.74) is 3.55. The van der Waals surface area contributed by atoms with E-state index in [4.69, 9.17) is 26.3 Å². The highest BCUT2D eigenvalue weighted by molar-refractivity contribution is 7.99. The van der Waals surface area contributed by atoms with Crippen LogP contribution in [0.1, 0.15) is 24.1 Å². The molecule has 154 valence electrons. The molecule has 8 heteroatoms. The highest BCUT2D eigenvalue weighted by Gasteiger charge is 2.19. The zero-order valence-corrected chi connectivity index (χ0v) is 18.1. The monoisotopic (exact) mass is 448 g/mol. The van der Waals surface area contributed by atoms with E-state index in [9.17, 15) is 5.11 Å². The predicted octanol–water partition coefficient (Wildman–Crippen LogP) is 5.57. The summed E-state index contributed by atoms with van der Waals surface area (Å²) in [5, 5.41) is 20.2. The molecule has 0 aliphatic carbocycles. The van der Waals surface area contributed by atoms with Crippen LogP contribution >= 0.6 is 23.4 Å². The number of rotatable bonds is 6. The first kappa shape index (κ1) is 21.1. The lowest BCUT2D eigenvalue weighted by atomic mass is 10.1. The van der Waals surface area contributed by atoms with Gasteiger partial charge in [-0.1, -0.05) is 18.5 Å². The molecule has 6 nitrogen and oxygen atoms in total. The molecule has 4 rings (SSSR count). The van der Waals surface area contributed by atoms with Crippen molar-refractivity contribution in [3.05, 3.63) is 77.2 Å². The predicted molar refractivity (Wildman–Crippen MR) is 119 cm³/mol. The molecular weight excluding hydrogens is 432 g/mol. The highest BCUT2D eigenvalue weighted by atomic mass is 35.5. The number of nitrogens with zero attached hydrogens (tertiary/aromatic N) is 4. The van der Waals surface area contributed by atoms with E-state index >= 15 is 0 Å². The number of aliphatic hydroxyl groups excluding tert-OH is 1. The topological polar surface area (TPSA) is 95.8 Å². The SMILES string of the molecule is CC(CO)c1ccc(-c2nc(-c3ccc(C#N)cc3)oc2Sc2ccc(Cl)cn2)cn1. The van der Waals surface area contributed by atoms with Crippen molar-refractivity contribution in [2.45, 2.75) is 23.0 Å². The number of pyridine rings is 2. The van der Waals surface area contributed by atoms with Crippen molar-refractivity contribution < 1.29 is 9.52 Å². The Hall–Kier alpha value is -3.18. The summed E-state index contributed by atoms with van der Waals surface area (Å²) < 4.78 is 6.09. The molecule has 0 aliphatic rings. The molecule has 0 amide bonds. The van der Waals surface area contributed by atoms with E-state index in [1.807, 2.05) is 25.1 Å². The second-order valence-electron chi connectivity index (χ2n) is 6.82. The quantitative estimate of drug-likeness (QED) is 0.411. The molecule has 1 atom stereocenters. The summed E-state index contributed by atoms with van der Waals surface area (Å²) in [6.07, 6.45) is 3.30. The fraction of sp³-hybridized carbons (Fsp3) is 0.130. The maximum atomic E-state index is 9.36. The number of aromatic nitrogens is 3. The number of benzene rings is 1. The van der Waals surface area contributed by atoms with Crippen LogP contribution in [-0.2, 0) is 0 Å². The van der Waals surface area contributed by atoms with Gasteiger partial charge in [0.15, 0.2) is 5.09 Å². The summed E-state index contributed by atoms with van der Waals surface area (Å²) in [7, 11) is 0. The Labute approximate surface area is 188 Å². The van der Waals surface area contributed by atoms with Gasteiger partial charge in [0, 0.05) is 35.1 Å². The van der Waals surface area contributed by atoms with E-state index in [0.717, 1.165) is 16.8 Å². The second kappa shape index (κ2) is 9.31. The van der Waals surface area contributed by atoms with Gasteiger partial charge in [0.05, 0.1) is 23.3 Å². The average Bonchev–Trinajstić information content (AvgIpc) is 3.24. The standard InChI is InChI=1S/C23H17ClN4O2S/c1-14(13-29)19-8-6-17(11-26-19)21-23(31-20-9-7-18(24)12-27-20)30-22(28-21)16-4-2-15(10-25)3-5-16/h2-9,11-12,14,29H,13H2,1H3. The van der Waals surface area contributed by atoms with Gasteiger partial charge < -0.3 is 9.52 Å². The van der Waals surface area contributed by atoms with Crippen molar-refractivity contribution in [1.29, 1.82) is 5.26 Å². The molecule has 1 unspecified atom stereocenters. The molecule has 0 saturated heterocycles. The lowest BCUT2D eigenvalue weighted by Crippen LogP contribution is -2.01. The van der Waals surface area contributed by atoms with Crippen molar-refractivity contribution in [2.24, 2.45) is 0 Å². The maximum Gasteiger partial charge on any atom is 0.228 e. The van der Waals surface area contributed by atoms with Crippen LogP contribution in [0.25, 0.3) is 22.7 Å². The summed E-state index contributed by atoms with van der Waals surface area (Å²) >= 11 is 7.28. The summed E-state index contributed by atoms with van der Waals surface area (Å²) in [5.74, 6) is 0.386. The van der Waals surface area contributed by atoms with Crippen LogP contribution in [-0.4, -0.2) is 26.7 Å². The number of halogens is 1. The van der Waals surface area contributed by atoms with Gasteiger partial charge in [0.2, 0.25) is 5.89 Å². The number of hydrogen-bond acceptors (Lipinski definition) is 7. The smallest absolute Gasteiger partial charge is 0.228 e. The first-order chi connectivity index (χ1) is 15.1. The number of hydrogen-bond donors (Lipinski definition) is 1. The van der Waals surface area contributed by atoms with Crippen LogP contribution in [0.4, 0.5) is 0 Å². The van der Waals surface area contributed by atoms with Gasteiger partial charge in [-0.2, -0.15) is 5.26 Å². The van der Waals surface area contributed by atoms with Crippen LogP contribution in [0.5, 0.6) is 0 Å². The fourth-order valence-electron chi connectivity index (χ4n) is 2.82. The lowest BCUT2D eigenvalue weighted by Gasteiger charge is -2.07. The third-order valence-corrected chi connectivity index (χ3v) is 5.73. The van der Waals surface area contributed by atoms with Gasteiger partial charge in [-0.15, -0.1) is 0 Å². The van der Waals surface area contributed by atoms with E-state index in [0.29, 0.717) is 32.3 Å². The van der Waals surface area contributed by atoms with Gasteiger partial charge in [-0.25, -0.2) is 9.97 Å². The van der Waals surface area contributed by atoms with Crippen molar-refractivity contribution in [3.63, 3.8) is 0 Å². The van der Waals surface area contributed by atoms with E-state index in [2.05, 4.69) is 16.0 Å². The lowest BCUT2D eigenvalue weighted by molar-refractivity contribution is 0.271. The zero-order valence-electron chi connectivity index (χ0n) is 16.5. The largest absolute Gasteiger partial charge is 0.429 e. The number of nitriles is 1. The first-order valence-electron chi connectivity index (χ1n) is 9.45. The maximum absolute atomic E-state index is 9.36. The Morgan fingerprint density at radius 2 is 1.84 bits per heavy atom. The molecular formula is C23H17ClN4O2S. The molecule has 0 bridgehead atoms. The number of oxazole rings is 1. The minimum Gasteiger partial charge on any atom is -0.429 e. The molecule has 3 heterocycles. The number of aliphatic hydroxyl groups is 1. The third-order valence-electron chi connectivity index (χ3n) is 4.59. The van der Waals surface area contributed by atoms with Gasteiger partial charge in [-0.3, -0.25) is 4.98 Å². The molecule has 0 saturated carbocycles. The summed E-state index contributed by atoms with van der Waals surface area (Å²) in [4.78, 5) is 13.5. The Kier molecular flexibility index (Phi) is 6.33. The van der Waals surface area contributed by atoms with E-state index in [-0.39, 0.29) is 12.5 Å². The minimum atomic E-state index is -0.0484. The van der Waals surface area contributed by atoms with Crippen molar-refractivity contribution in [1.82, 2.24) is 15.0 Å². The molecule has 1 N–H and O–H groups in total. The molecule has 4 aromatic rings. The fourth-order valence-corrected chi connectivity index (χ4v) is 3.74. The molecule has 0 aliphatic heterocycles. The minimum absolute atomic E-state index is 0.0302. The van der Waals surface area contributed by atoms with Crippen LogP contribution in [0.15, 0.2) is 75.5 Å². The van der Waals surface area contributed by atoms with Crippen LogP contribution in [0.2, 0.25) is 5.02 Å². The molecule has 31 heavy (non-hydrogen) atoms. The van der Waals surface area contributed by atoms with E-state index in [1.165, 1.54) is 11.8 Å². The van der Waals surface area contributed by atoms with Crippen LogP contribution < -0.4 is 0 Å². The normalized spacial score (nSPS) is 11.8.